The van der Waals surface area contributed by atoms with Gasteiger partial charge in [0.2, 0.25) is 5.13 Å². The van der Waals surface area contributed by atoms with Crippen molar-refractivity contribution in [1.82, 2.24) is 10.2 Å². The van der Waals surface area contributed by atoms with E-state index in [1.165, 1.54) is 11.3 Å². The van der Waals surface area contributed by atoms with Gasteiger partial charge in [-0.05, 0) is 49.4 Å². The van der Waals surface area contributed by atoms with E-state index >= 15 is 0 Å². The zero-order chi connectivity index (χ0) is 20.4. The molecule has 0 bridgehead atoms. The average Bonchev–Trinajstić information content (AvgIpc) is 3.18. The topological polar surface area (TPSA) is 60.5 Å². The molecule has 7 heteroatoms. The van der Waals surface area contributed by atoms with Crippen molar-refractivity contribution in [2.45, 2.75) is 26.7 Å². The molecular formula is C22H20ClN3O2S. The Hall–Kier alpha value is -2.70. The van der Waals surface area contributed by atoms with Crippen molar-refractivity contribution >= 4 is 39.0 Å². The fourth-order valence-corrected chi connectivity index (χ4v) is 3.72. The van der Waals surface area contributed by atoms with Gasteiger partial charge in [-0.15, -0.1) is 10.2 Å². The van der Waals surface area contributed by atoms with Crippen molar-refractivity contribution in [2.75, 3.05) is 6.61 Å². The third-order valence-electron chi connectivity index (χ3n) is 4.29. The summed E-state index contributed by atoms with van der Waals surface area (Å²) in [7, 11) is 0. The largest absolute Gasteiger partial charge is 0.494 e. The Bertz CT molecular complexity index is 1210. The molecule has 0 unspecified atom stereocenters. The van der Waals surface area contributed by atoms with E-state index in [9.17, 15) is 0 Å². The lowest BCUT2D eigenvalue weighted by Crippen LogP contribution is -2.04. The molecule has 0 saturated heterocycles. The van der Waals surface area contributed by atoms with Crippen molar-refractivity contribution in [3.05, 3.63) is 63.9 Å². The fraction of sp³-hybridized carbons (Fsp3) is 0.227. The first-order chi connectivity index (χ1) is 14.0. The predicted octanol–water partition coefficient (Wildman–Crippen LogP) is 6.36. The number of hydrogen-bond donors (Lipinski definition) is 0. The molecule has 29 heavy (non-hydrogen) atoms. The first-order valence-electron chi connectivity index (χ1n) is 9.38. The average molecular weight is 426 g/mol. The van der Waals surface area contributed by atoms with Crippen molar-refractivity contribution in [3.63, 3.8) is 0 Å². The lowest BCUT2D eigenvalue weighted by molar-refractivity contribution is 0.340. The highest BCUT2D eigenvalue weighted by molar-refractivity contribution is 7.15. The Balaban J connectivity index is 1.93. The quantitative estimate of drug-likeness (QED) is 0.373. The first-order valence-corrected chi connectivity index (χ1v) is 10.6. The van der Waals surface area contributed by atoms with Crippen LogP contribution in [0.15, 0.2) is 57.9 Å². The molecule has 0 N–H and O–H groups in total. The predicted molar refractivity (Wildman–Crippen MR) is 117 cm³/mol. The molecule has 0 radical (unpaired) electrons. The smallest absolute Gasteiger partial charge is 0.232 e. The van der Waals surface area contributed by atoms with Gasteiger partial charge in [-0.3, -0.25) is 0 Å². The van der Waals surface area contributed by atoms with Crippen molar-refractivity contribution in [1.29, 1.82) is 0 Å². The van der Waals surface area contributed by atoms with E-state index in [1.54, 1.807) is 0 Å². The van der Waals surface area contributed by atoms with Gasteiger partial charge in [0.05, 0.1) is 12.0 Å². The second-order valence-electron chi connectivity index (χ2n) is 6.78. The second kappa shape index (κ2) is 8.35. The molecular weight excluding hydrogens is 406 g/mol. The first kappa shape index (κ1) is 19.6. The third-order valence-corrected chi connectivity index (χ3v) is 5.66. The van der Waals surface area contributed by atoms with Gasteiger partial charge in [-0.25, -0.2) is 4.99 Å². The summed E-state index contributed by atoms with van der Waals surface area (Å²) >= 11 is 7.53. The van der Waals surface area contributed by atoms with Crippen molar-refractivity contribution in [2.24, 2.45) is 4.99 Å². The van der Waals surface area contributed by atoms with Crippen LogP contribution in [0.2, 0.25) is 5.02 Å². The van der Waals surface area contributed by atoms with E-state index in [4.69, 9.17) is 25.7 Å². The Kier molecular flexibility index (Phi) is 5.65. The van der Waals surface area contributed by atoms with Gasteiger partial charge >= 0.3 is 0 Å². The number of ether oxygens (including phenoxy) is 1. The molecule has 4 rings (SSSR count). The Morgan fingerprint density at radius 1 is 1.10 bits per heavy atom. The fourth-order valence-electron chi connectivity index (χ4n) is 2.86. The van der Waals surface area contributed by atoms with Crippen LogP contribution in [-0.4, -0.2) is 16.8 Å². The molecule has 4 aromatic rings. The molecule has 0 aliphatic heterocycles. The maximum absolute atomic E-state index is 6.15. The van der Waals surface area contributed by atoms with Gasteiger partial charge in [0, 0.05) is 28.0 Å². The minimum atomic E-state index is 0.313. The van der Waals surface area contributed by atoms with E-state index in [1.807, 2.05) is 55.5 Å². The highest BCUT2D eigenvalue weighted by Gasteiger charge is 2.10. The Morgan fingerprint density at radius 2 is 1.90 bits per heavy atom. The molecule has 2 aromatic carbocycles. The van der Waals surface area contributed by atoms with Gasteiger partial charge in [0.1, 0.15) is 22.1 Å². The van der Waals surface area contributed by atoms with Crippen LogP contribution < -0.4 is 10.1 Å². The van der Waals surface area contributed by atoms with Gasteiger partial charge in [-0.2, -0.15) is 0 Å². The second-order valence-corrected chi connectivity index (χ2v) is 8.21. The van der Waals surface area contributed by atoms with E-state index in [0.717, 1.165) is 27.1 Å². The van der Waals surface area contributed by atoms with E-state index < -0.39 is 0 Å². The van der Waals surface area contributed by atoms with Crippen molar-refractivity contribution in [3.8, 4) is 17.1 Å². The van der Waals surface area contributed by atoms with Crippen LogP contribution in [0.1, 0.15) is 31.7 Å². The number of nitrogens with zero attached hydrogens (tertiary/aromatic N) is 3. The number of benzene rings is 2. The number of fused-ring (bicyclic) bond motifs is 1. The molecule has 2 heterocycles. The Morgan fingerprint density at radius 3 is 2.59 bits per heavy atom. The van der Waals surface area contributed by atoms with Crippen LogP contribution >= 0.6 is 22.9 Å². The number of halogens is 1. The minimum absolute atomic E-state index is 0.313. The van der Waals surface area contributed by atoms with E-state index in [-0.39, 0.29) is 0 Å². The van der Waals surface area contributed by atoms with E-state index in [2.05, 4.69) is 24.0 Å². The van der Waals surface area contributed by atoms with Crippen molar-refractivity contribution < 1.29 is 9.15 Å². The summed E-state index contributed by atoms with van der Waals surface area (Å²) < 4.78 is 11.8. The highest BCUT2D eigenvalue weighted by atomic mass is 35.5. The van der Waals surface area contributed by atoms with Gasteiger partial charge < -0.3 is 9.15 Å². The highest BCUT2D eigenvalue weighted by Crippen LogP contribution is 2.28. The molecule has 0 amide bonds. The monoisotopic (exact) mass is 425 g/mol. The van der Waals surface area contributed by atoms with Gasteiger partial charge in [0.25, 0.3) is 0 Å². The number of hydrogen-bond acceptors (Lipinski definition) is 6. The number of aromatic nitrogens is 2. The molecule has 0 spiro atoms. The summed E-state index contributed by atoms with van der Waals surface area (Å²) in [5.74, 6) is 1.78. The maximum atomic E-state index is 6.15. The lowest BCUT2D eigenvalue weighted by Gasteiger charge is -2.07. The molecule has 5 nitrogen and oxygen atoms in total. The van der Waals surface area contributed by atoms with Crippen LogP contribution in [0.25, 0.3) is 22.3 Å². The summed E-state index contributed by atoms with van der Waals surface area (Å²) in [5.41, 5.74) is 1.63. The summed E-state index contributed by atoms with van der Waals surface area (Å²) in [6, 6.07) is 15.2. The van der Waals surface area contributed by atoms with Gasteiger partial charge in [0.15, 0.2) is 0 Å². The SMILES string of the molecule is CCOc1ccc2oc(-c3ccc(Cl)cc3)cc(=Nc3nnc(C(C)C)s3)c2c1. The normalized spacial score (nSPS) is 12.1. The third kappa shape index (κ3) is 4.33. The lowest BCUT2D eigenvalue weighted by atomic mass is 10.1. The molecule has 0 fully saturated rings. The van der Waals surface area contributed by atoms with Crippen LogP contribution in [0.4, 0.5) is 5.13 Å². The van der Waals surface area contributed by atoms with Gasteiger partial charge in [-0.1, -0.05) is 36.8 Å². The zero-order valence-corrected chi connectivity index (χ0v) is 17.9. The summed E-state index contributed by atoms with van der Waals surface area (Å²) in [6.45, 7) is 6.73. The minimum Gasteiger partial charge on any atom is -0.494 e. The molecule has 2 aromatic heterocycles. The van der Waals surface area contributed by atoms with E-state index in [0.29, 0.717) is 34.0 Å². The molecule has 148 valence electrons. The Labute approximate surface area is 177 Å². The van der Waals surface area contributed by atoms with Crippen LogP contribution in [0.3, 0.4) is 0 Å². The van der Waals surface area contributed by atoms with Crippen LogP contribution in [-0.2, 0) is 0 Å². The molecule has 0 aliphatic rings. The van der Waals surface area contributed by atoms with Crippen LogP contribution in [0.5, 0.6) is 5.75 Å². The molecule has 0 atom stereocenters. The summed E-state index contributed by atoms with van der Waals surface area (Å²) in [6.07, 6.45) is 0. The van der Waals surface area contributed by atoms with Crippen LogP contribution in [0, 0.1) is 0 Å². The summed E-state index contributed by atoms with van der Waals surface area (Å²) in [5, 5.41) is 12.3. The zero-order valence-electron chi connectivity index (χ0n) is 16.3. The maximum Gasteiger partial charge on any atom is 0.232 e. The molecule has 0 saturated carbocycles. The number of rotatable bonds is 5. The molecule has 0 aliphatic carbocycles. The standard InChI is InChI=1S/C22H20ClN3O2S/c1-4-27-16-9-10-19-17(11-16)18(24-22-26-25-21(29-22)13(2)3)12-20(28-19)14-5-7-15(23)8-6-14/h5-13H,4H2,1-3H3. The summed E-state index contributed by atoms with van der Waals surface area (Å²) in [4.78, 5) is 4.78.